The normalized spacial score (nSPS) is 22.7. The van der Waals surface area contributed by atoms with E-state index in [0.29, 0.717) is 0 Å². The van der Waals surface area contributed by atoms with Gasteiger partial charge in [-0.25, -0.2) is 0 Å². The van der Waals surface area contributed by atoms with E-state index in [4.69, 9.17) is 4.74 Å². The van der Waals surface area contributed by atoms with Crippen molar-refractivity contribution in [3.05, 3.63) is 29.8 Å². The predicted octanol–water partition coefficient (Wildman–Crippen LogP) is 7.44. The van der Waals surface area contributed by atoms with Crippen LogP contribution >= 0.6 is 15.9 Å². The summed E-state index contributed by atoms with van der Waals surface area (Å²) >= 11 is 3.64. The van der Waals surface area contributed by atoms with Crippen LogP contribution in [0.5, 0.6) is 5.75 Å². The molecule has 2 heteroatoms. The van der Waals surface area contributed by atoms with Gasteiger partial charge in [0.15, 0.2) is 5.01 Å². The molecule has 1 unspecified atom stereocenters. The summed E-state index contributed by atoms with van der Waals surface area (Å²) in [7, 11) is 0. The summed E-state index contributed by atoms with van der Waals surface area (Å²) in [5.74, 6) is 2.74. The molecule has 1 nitrogen and oxygen atoms in total. The first-order chi connectivity index (χ1) is 11.2. The van der Waals surface area contributed by atoms with Crippen LogP contribution in [0.3, 0.4) is 0 Å². The lowest BCUT2D eigenvalue weighted by molar-refractivity contribution is 0.278. The van der Waals surface area contributed by atoms with Crippen LogP contribution in [-0.2, 0) is 0 Å². The average molecular weight is 381 g/mol. The predicted molar refractivity (Wildman–Crippen MR) is 104 cm³/mol. The van der Waals surface area contributed by atoms with Crippen LogP contribution in [-0.4, -0.2) is 5.01 Å². The fourth-order valence-corrected chi connectivity index (χ4v) is 4.31. The van der Waals surface area contributed by atoms with Crippen molar-refractivity contribution in [3.63, 3.8) is 0 Å². The smallest absolute Gasteiger partial charge is 0.153 e. The first-order valence-corrected chi connectivity index (χ1v) is 10.5. The molecule has 1 atom stereocenters. The Hall–Kier alpha value is -0.500. The Labute approximate surface area is 151 Å². The molecule has 130 valence electrons. The van der Waals surface area contributed by atoms with Crippen LogP contribution in [0.4, 0.5) is 0 Å². The Morgan fingerprint density at radius 3 is 2.30 bits per heavy atom. The molecule has 0 radical (unpaired) electrons. The van der Waals surface area contributed by atoms with Gasteiger partial charge < -0.3 is 4.74 Å². The first kappa shape index (κ1) is 18.8. The molecule has 2 rings (SSSR count). The second-order valence-corrected chi connectivity index (χ2v) is 8.12. The number of hydrogen-bond donors (Lipinski definition) is 0. The number of unbranched alkanes of at least 4 members (excludes halogenated alkanes) is 2. The zero-order valence-corrected chi connectivity index (χ0v) is 16.5. The number of hydrogen-bond acceptors (Lipinski definition) is 1. The molecule has 1 aromatic carbocycles. The topological polar surface area (TPSA) is 9.23 Å². The van der Waals surface area contributed by atoms with Crippen LogP contribution in [0.2, 0.25) is 0 Å². The summed E-state index contributed by atoms with van der Waals surface area (Å²) in [6, 6.07) is 8.88. The van der Waals surface area contributed by atoms with Crippen LogP contribution < -0.4 is 4.74 Å². The van der Waals surface area contributed by atoms with Crippen molar-refractivity contribution in [1.29, 1.82) is 0 Å². The number of alkyl halides is 1. The molecule has 0 bridgehead atoms. The van der Waals surface area contributed by atoms with E-state index in [0.717, 1.165) is 24.0 Å². The molecule has 23 heavy (non-hydrogen) atoms. The summed E-state index contributed by atoms with van der Waals surface area (Å²) in [4.78, 5) is 0. The molecule has 0 amide bonds. The third kappa shape index (κ3) is 6.49. The van der Waals surface area contributed by atoms with Gasteiger partial charge in [0.25, 0.3) is 0 Å². The first-order valence-electron chi connectivity index (χ1n) is 9.63. The highest BCUT2D eigenvalue weighted by Gasteiger charge is 2.21. The van der Waals surface area contributed by atoms with E-state index < -0.39 is 0 Å². The molecule has 1 aromatic rings. The standard InChI is InChI=1S/C21H33BrO/c1-3-5-6-8-21(22)23-20-15-13-19(14-16-20)18-11-9-17(7-4-2)10-12-18/h13-18,21H,3-12H2,1-2H3/t17-,18-,21?. The van der Waals surface area contributed by atoms with Crippen molar-refractivity contribution >= 4 is 15.9 Å². The fraction of sp³-hybridized carbons (Fsp3) is 0.714. The maximum Gasteiger partial charge on any atom is 0.153 e. The molecule has 0 N–H and O–H groups in total. The van der Waals surface area contributed by atoms with Gasteiger partial charge in [-0.2, -0.15) is 0 Å². The minimum atomic E-state index is 0.143. The highest BCUT2D eigenvalue weighted by atomic mass is 79.9. The largest absolute Gasteiger partial charge is 0.479 e. The van der Waals surface area contributed by atoms with Gasteiger partial charge in [0.05, 0.1) is 0 Å². The van der Waals surface area contributed by atoms with Crippen molar-refractivity contribution in [2.75, 3.05) is 0 Å². The minimum Gasteiger partial charge on any atom is -0.479 e. The van der Waals surface area contributed by atoms with E-state index in [2.05, 4.69) is 54.0 Å². The van der Waals surface area contributed by atoms with Gasteiger partial charge in [-0.3, -0.25) is 0 Å². The van der Waals surface area contributed by atoms with E-state index in [1.54, 1.807) is 0 Å². The molecule has 1 aliphatic carbocycles. The average Bonchev–Trinajstić information content (AvgIpc) is 2.57. The van der Waals surface area contributed by atoms with Gasteiger partial charge in [0, 0.05) is 0 Å². The molecule has 0 aliphatic heterocycles. The maximum absolute atomic E-state index is 5.97. The van der Waals surface area contributed by atoms with Crippen molar-refractivity contribution < 1.29 is 4.74 Å². The molecule has 0 aromatic heterocycles. The van der Waals surface area contributed by atoms with Gasteiger partial charge in [0.1, 0.15) is 5.75 Å². The second kappa shape index (κ2) is 10.4. The third-order valence-electron chi connectivity index (χ3n) is 5.19. The van der Waals surface area contributed by atoms with Gasteiger partial charge in [-0.1, -0.05) is 51.7 Å². The van der Waals surface area contributed by atoms with Gasteiger partial charge in [-0.15, -0.1) is 0 Å². The quantitative estimate of drug-likeness (QED) is 0.319. The summed E-state index contributed by atoms with van der Waals surface area (Å²) in [6.07, 6.45) is 13.2. The molecule has 1 fully saturated rings. The highest BCUT2D eigenvalue weighted by Crippen LogP contribution is 2.37. The fourth-order valence-electron chi connectivity index (χ4n) is 3.77. The summed E-state index contributed by atoms with van der Waals surface area (Å²) in [5, 5.41) is 0.143. The Kier molecular flexibility index (Phi) is 8.50. The van der Waals surface area contributed by atoms with E-state index in [-0.39, 0.29) is 5.01 Å². The van der Waals surface area contributed by atoms with Crippen LogP contribution in [0.1, 0.15) is 89.5 Å². The van der Waals surface area contributed by atoms with Crippen LogP contribution in [0.25, 0.3) is 0 Å². The molecule has 0 heterocycles. The molecule has 1 saturated carbocycles. The Morgan fingerprint density at radius 2 is 1.70 bits per heavy atom. The lowest BCUT2D eigenvalue weighted by Crippen LogP contribution is -2.13. The van der Waals surface area contributed by atoms with Crippen molar-refractivity contribution in [2.24, 2.45) is 5.92 Å². The van der Waals surface area contributed by atoms with Crippen LogP contribution in [0.15, 0.2) is 24.3 Å². The van der Waals surface area contributed by atoms with Crippen molar-refractivity contribution in [2.45, 2.75) is 89.0 Å². The van der Waals surface area contributed by atoms with Gasteiger partial charge in [-0.05, 0) is 84.0 Å². The molecular formula is C21H33BrO. The third-order valence-corrected chi connectivity index (χ3v) is 5.84. The minimum absolute atomic E-state index is 0.143. The molecule has 0 saturated heterocycles. The summed E-state index contributed by atoms with van der Waals surface area (Å²) in [6.45, 7) is 4.54. The van der Waals surface area contributed by atoms with E-state index in [1.165, 1.54) is 63.4 Å². The van der Waals surface area contributed by atoms with E-state index in [9.17, 15) is 0 Å². The second-order valence-electron chi connectivity index (χ2n) is 7.10. The Bertz CT molecular complexity index is 420. The Balaban J connectivity index is 1.78. The Morgan fingerprint density at radius 1 is 1.00 bits per heavy atom. The summed E-state index contributed by atoms with van der Waals surface area (Å²) in [5.41, 5.74) is 1.50. The van der Waals surface area contributed by atoms with Gasteiger partial charge in [0.2, 0.25) is 0 Å². The van der Waals surface area contributed by atoms with Crippen LogP contribution in [0, 0.1) is 5.92 Å². The molecule has 1 aliphatic rings. The lowest BCUT2D eigenvalue weighted by atomic mass is 9.77. The summed E-state index contributed by atoms with van der Waals surface area (Å²) < 4.78 is 5.97. The monoisotopic (exact) mass is 380 g/mol. The van der Waals surface area contributed by atoms with E-state index in [1.807, 2.05) is 0 Å². The lowest BCUT2D eigenvalue weighted by Gasteiger charge is -2.28. The number of ether oxygens (including phenoxy) is 1. The van der Waals surface area contributed by atoms with Gasteiger partial charge >= 0.3 is 0 Å². The maximum atomic E-state index is 5.97. The van der Waals surface area contributed by atoms with Crippen molar-refractivity contribution in [3.8, 4) is 5.75 Å². The highest BCUT2D eigenvalue weighted by molar-refractivity contribution is 9.09. The zero-order valence-electron chi connectivity index (χ0n) is 14.9. The molecule has 0 spiro atoms. The molecular weight excluding hydrogens is 348 g/mol. The SMILES string of the molecule is CCCCCC(Br)Oc1ccc([C@H]2CC[C@H](CCC)CC2)cc1. The van der Waals surface area contributed by atoms with E-state index >= 15 is 0 Å². The number of halogens is 1. The zero-order chi connectivity index (χ0) is 16.5. The number of benzene rings is 1. The van der Waals surface area contributed by atoms with Crippen molar-refractivity contribution in [1.82, 2.24) is 0 Å². The number of rotatable bonds is 9.